The van der Waals surface area contributed by atoms with Crippen molar-refractivity contribution >= 4 is 123 Å². The van der Waals surface area contributed by atoms with E-state index < -0.39 is 20.6 Å². The molecule has 0 heterocycles. The fourth-order valence-corrected chi connectivity index (χ4v) is 1.20. The topological polar surface area (TPSA) is 121 Å². The first-order valence-electron chi connectivity index (χ1n) is 1.44. The van der Waals surface area contributed by atoms with Crippen molar-refractivity contribution in [1.29, 1.82) is 0 Å². The Balaban J connectivity index is -0.000000320. The molecule has 0 aliphatic rings. The molecule has 0 fully saturated rings. The quantitative estimate of drug-likeness (QED) is 0.368. The summed E-state index contributed by atoms with van der Waals surface area (Å²) in [5, 5.41) is 0. The molecule has 3 N–H and O–H groups in total. The van der Waals surface area contributed by atoms with Gasteiger partial charge in [0.25, 0.3) is 0 Å². The molecule has 7 nitrogen and oxygen atoms in total. The zero-order valence-corrected chi connectivity index (χ0v) is 13.7. The van der Waals surface area contributed by atoms with Gasteiger partial charge in [0.15, 0.2) is 0 Å². The smallest absolute Gasteiger partial charge is 0.273 e. The second-order valence-corrected chi connectivity index (χ2v) is 3.60. The molecule has 0 rings (SSSR count). The van der Waals surface area contributed by atoms with Gasteiger partial charge in [0.05, 0.1) is 0 Å². The van der Waals surface area contributed by atoms with Crippen LogP contribution in [0.4, 0.5) is 0 Å². The van der Waals surface area contributed by atoms with E-state index in [0.29, 0.717) is 4.13 Å². The molecule has 11 heavy (non-hydrogen) atoms. The molecule has 0 unspecified atom stereocenters. The average Bonchev–Trinajstić information content (AvgIpc) is 1.14. The third-order valence-corrected chi connectivity index (χ3v) is 1.90. The predicted octanol–water partition coefficient (Wildman–Crippen LogP) is -2.58. The molecule has 0 aliphatic heterocycles. The molecule has 0 aromatic rings. The van der Waals surface area contributed by atoms with Gasteiger partial charge in [-0.15, -0.1) is 0 Å². The Morgan fingerprint density at radius 2 is 1.00 bits per heavy atom. The summed E-state index contributed by atoms with van der Waals surface area (Å²) >= 11 is 0. The van der Waals surface area contributed by atoms with E-state index >= 15 is 0 Å². The Hall–Kier alpha value is 3.05. The molecule has 58 valence electrons. The summed E-state index contributed by atoms with van der Waals surface area (Å²) < 4.78 is 54.1. The Morgan fingerprint density at radius 1 is 0.818 bits per heavy atom. The first-order chi connectivity index (χ1) is 3.71. The molecule has 0 aromatic heterocycles. The van der Waals surface area contributed by atoms with Gasteiger partial charge in [-0.3, -0.25) is 9.11 Å². The van der Waals surface area contributed by atoms with Crippen molar-refractivity contribution in [1.82, 2.24) is 4.13 Å². The summed E-state index contributed by atoms with van der Waals surface area (Å²) in [6, 6.07) is 0. The maximum atomic E-state index is 9.55. The van der Waals surface area contributed by atoms with Crippen molar-refractivity contribution in [2.45, 2.75) is 0 Å². The fraction of sp³-hybridized carbons (Fsp3) is 0. The van der Waals surface area contributed by atoms with E-state index in [-0.39, 0.29) is 103 Å². The van der Waals surface area contributed by atoms with E-state index in [1.165, 1.54) is 0 Å². The van der Waals surface area contributed by atoms with E-state index in [4.69, 9.17) is 9.11 Å². The minimum absolute atomic E-state index is 0. The van der Waals surface area contributed by atoms with Crippen LogP contribution in [0.15, 0.2) is 0 Å². The van der Waals surface area contributed by atoms with Gasteiger partial charge < -0.3 is 0 Å². The van der Waals surface area contributed by atoms with Crippen LogP contribution >= 0.6 is 0 Å². The van der Waals surface area contributed by atoms with Crippen molar-refractivity contribution in [2.24, 2.45) is 0 Å². The molecule has 2 radical (unpaired) electrons. The summed E-state index contributed by atoms with van der Waals surface area (Å²) in [5.41, 5.74) is 0. The van der Waals surface area contributed by atoms with Crippen molar-refractivity contribution < 1.29 is 25.9 Å². The second kappa shape index (κ2) is 7.36. The first-order valence-corrected chi connectivity index (χ1v) is 4.32. The Morgan fingerprint density at radius 3 is 1.00 bits per heavy atom. The van der Waals surface area contributed by atoms with Crippen LogP contribution in [0, 0.1) is 0 Å². The maximum absolute atomic E-state index is 9.55. The first kappa shape index (κ1) is 19.6. The van der Waals surface area contributed by atoms with Crippen LogP contribution in [0.1, 0.15) is 0 Å². The molecule has 0 saturated heterocycles. The van der Waals surface area contributed by atoms with Gasteiger partial charge in [-0.2, -0.15) is 16.8 Å². The Labute approximate surface area is 149 Å². The van der Waals surface area contributed by atoms with Crippen LogP contribution in [0.3, 0.4) is 0 Å². The van der Waals surface area contributed by atoms with Gasteiger partial charge in [0, 0.05) is 103 Å². The third-order valence-electron chi connectivity index (χ3n) is 0.211. The SMILES string of the molecule is O=S(=O)(O)NS(=O)(=O)O.[K].[K]. The molecule has 0 aliphatic carbocycles. The van der Waals surface area contributed by atoms with Crippen LogP contribution in [0.2, 0.25) is 0 Å². The van der Waals surface area contributed by atoms with E-state index in [1.54, 1.807) is 0 Å². The van der Waals surface area contributed by atoms with E-state index in [9.17, 15) is 16.8 Å². The second-order valence-electron chi connectivity index (χ2n) is 1.03. The summed E-state index contributed by atoms with van der Waals surface area (Å²) in [4.78, 5) is 0. The summed E-state index contributed by atoms with van der Waals surface area (Å²) in [5.74, 6) is 0. The molecule has 0 bridgehead atoms. The van der Waals surface area contributed by atoms with Crippen LogP contribution < -0.4 is 4.13 Å². The van der Waals surface area contributed by atoms with Crippen molar-refractivity contribution in [3.05, 3.63) is 0 Å². The molecule has 0 amide bonds. The Bertz CT molecular complexity index is 244. The van der Waals surface area contributed by atoms with E-state index in [0.717, 1.165) is 0 Å². The molecule has 0 aromatic carbocycles. The molecular weight excluding hydrogens is 252 g/mol. The van der Waals surface area contributed by atoms with Crippen LogP contribution in [0.5, 0.6) is 0 Å². The van der Waals surface area contributed by atoms with E-state index in [2.05, 4.69) is 0 Å². The van der Waals surface area contributed by atoms with Gasteiger partial charge in [0.2, 0.25) is 0 Å². The molecule has 0 saturated carbocycles. The predicted molar refractivity (Wildman–Crippen MR) is 37.7 cm³/mol. The third kappa shape index (κ3) is 19.5. The summed E-state index contributed by atoms with van der Waals surface area (Å²) in [6.45, 7) is 0. The van der Waals surface area contributed by atoms with Gasteiger partial charge >= 0.3 is 20.6 Å². The van der Waals surface area contributed by atoms with Crippen molar-refractivity contribution in [3.8, 4) is 0 Å². The zero-order chi connectivity index (χ0) is 7.71. The standard InChI is InChI=1S/2K.H3NO6S2/c;;2-8(3,4)1-9(5,6)7/h;;1H,(H,2,3,4)(H,5,6,7). The van der Waals surface area contributed by atoms with Crippen LogP contribution in [-0.4, -0.2) is 129 Å². The fourth-order valence-electron chi connectivity index (χ4n) is 0.133. The van der Waals surface area contributed by atoms with Crippen molar-refractivity contribution in [3.63, 3.8) is 0 Å². The minimum Gasteiger partial charge on any atom is -0.273 e. The maximum Gasteiger partial charge on any atom is 0.348 e. The summed E-state index contributed by atoms with van der Waals surface area (Å²) in [7, 11) is -9.74. The van der Waals surface area contributed by atoms with Gasteiger partial charge in [0.1, 0.15) is 0 Å². The summed E-state index contributed by atoms with van der Waals surface area (Å²) in [6.07, 6.45) is 0. The largest absolute Gasteiger partial charge is 0.348 e. The van der Waals surface area contributed by atoms with Gasteiger partial charge in [-0.25, -0.2) is 0 Å². The number of nitrogens with one attached hydrogen (secondary N) is 1. The average molecular weight is 255 g/mol. The van der Waals surface area contributed by atoms with Crippen LogP contribution in [-0.2, 0) is 20.6 Å². The van der Waals surface area contributed by atoms with Crippen LogP contribution in [0.25, 0.3) is 0 Å². The van der Waals surface area contributed by atoms with Gasteiger partial charge in [-0.1, -0.05) is 4.13 Å². The monoisotopic (exact) mass is 255 g/mol. The molecule has 0 spiro atoms. The Kier molecular flexibility index (Phi) is 13.1. The molecule has 11 heteroatoms. The zero-order valence-electron chi connectivity index (χ0n) is 5.84. The normalized spacial score (nSPS) is 11.1. The van der Waals surface area contributed by atoms with E-state index in [1.807, 2.05) is 0 Å². The van der Waals surface area contributed by atoms with Crippen molar-refractivity contribution in [2.75, 3.05) is 0 Å². The number of rotatable bonds is 2. The minimum atomic E-state index is -4.87. The molecule has 0 atom stereocenters. The number of hydrogen-bond donors (Lipinski definition) is 3. The molecular formula is H3K2NO6S2. The number of hydrogen-bond acceptors (Lipinski definition) is 4. The van der Waals surface area contributed by atoms with Gasteiger partial charge in [-0.05, 0) is 0 Å².